The van der Waals surface area contributed by atoms with Crippen LogP contribution in [-0.2, 0) is 4.79 Å². The second-order valence-electron chi connectivity index (χ2n) is 8.57. The van der Waals surface area contributed by atoms with E-state index < -0.39 is 0 Å². The van der Waals surface area contributed by atoms with Crippen LogP contribution in [0.3, 0.4) is 0 Å². The molecule has 0 saturated heterocycles. The average molecular weight is 364 g/mol. The lowest BCUT2D eigenvalue weighted by Crippen LogP contribution is -2.51. The molecule has 4 aliphatic carbocycles. The maximum atomic E-state index is 13.0. The Morgan fingerprint density at radius 2 is 1.56 bits per heavy atom. The summed E-state index contributed by atoms with van der Waals surface area (Å²) in [6.07, 6.45) is 6.91. The molecule has 0 amide bonds. The number of methoxy groups -OCH3 is 1. The molecule has 5 nitrogen and oxygen atoms in total. The molecule has 0 radical (unpaired) electrons. The third kappa shape index (κ3) is 2.99. The number of carbonyl (C=O) groups is 1. The number of esters is 1. The van der Waals surface area contributed by atoms with Gasteiger partial charge in [-0.15, -0.1) is 10.2 Å². The quantitative estimate of drug-likeness (QED) is 0.758. The van der Waals surface area contributed by atoms with Gasteiger partial charge in [-0.3, -0.25) is 4.79 Å². The SMILES string of the molecule is COc1ccc(-c2ccc(OC(=O)C34CC5CC(CC(C5)C3)C4)nn2)cc1. The smallest absolute Gasteiger partial charge is 0.318 e. The van der Waals surface area contributed by atoms with Gasteiger partial charge in [0.25, 0.3) is 0 Å². The molecule has 4 bridgehead atoms. The summed E-state index contributed by atoms with van der Waals surface area (Å²) < 4.78 is 10.9. The molecule has 0 unspecified atom stereocenters. The summed E-state index contributed by atoms with van der Waals surface area (Å²) in [4.78, 5) is 13.0. The maximum absolute atomic E-state index is 13.0. The van der Waals surface area contributed by atoms with Gasteiger partial charge in [0.05, 0.1) is 18.2 Å². The second kappa shape index (κ2) is 6.32. The first-order valence-corrected chi connectivity index (χ1v) is 9.84. The molecule has 5 heteroatoms. The molecule has 0 atom stereocenters. The van der Waals surface area contributed by atoms with Crippen molar-refractivity contribution in [3.63, 3.8) is 0 Å². The first-order valence-electron chi connectivity index (χ1n) is 9.84. The Labute approximate surface area is 159 Å². The molecule has 1 aromatic carbocycles. The van der Waals surface area contributed by atoms with Crippen molar-refractivity contribution in [2.75, 3.05) is 7.11 Å². The first-order chi connectivity index (χ1) is 13.1. The highest BCUT2D eigenvalue weighted by Gasteiger charge is 2.55. The number of hydrogen-bond donors (Lipinski definition) is 0. The summed E-state index contributed by atoms with van der Waals surface area (Å²) in [5.74, 6) is 3.15. The Bertz CT molecular complexity index is 810. The normalized spacial score (nSPS) is 30.9. The van der Waals surface area contributed by atoms with Crippen molar-refractivity contribution in [2.45, 2.75) is 38.5 Å². The van der Waals surface area contributed by atoms with E-state index in [1.54, 1.807) is 13.2 Å². The van der Waals surface area contributed by atoms with Crippen LogP contribution in [0.15, 0.2) is 36.4 Å². The number of aromatic nitrogens is 2. The van der Waals surface area contributed by atoms with Gasteiger partial charge in [-0.2, -0.15) is 0 Å². The van der Waals surface area contributed by atoms with Crippen LogP contribution in [0.25, 0.3) is 11.3 Å². The van der Waals surface area contributed by atoms with Gasteiger partial charge in [0.2, 0.25) is 5.88 Å². The van der Waals surface area contributed by atoms with E-state index in [9.17, 15) is 4.79 Å². The monoisotopic (exact) mass is 364 g/mol. The molecule has 6 rings (SSSR count). The lowest BCUT2D eigenvalue weighted by molar-refractivity contribution is -0.161. The van der Waals surface area contributed by atoms with E-state index in [4.69, 9.17) is 9.47 Å². The van der Waals surface area contributed by atoms with Crippen molar-refractivity contribution in [2.24, 2.45) is 23.2 Å². The van der Waals surface area contributed by atoms with E-state index in [0.29, 0.717) is 23.6 Å². The van der Waals surface area contributed by atoms with Crippen LogP contribution in [0.4, 0.5) is 0 Å². The zero-order valence-electron chi connectivity index (χ0n) is 15.6. The topological polar surface area (TPSA) is 61.3 Å². The van der Waals surface area contributed by atoms with E-state index in [0.717, 1.165) is 36.3 Å². The zero-order chi connectivity index (χ0) is 18.4. The largest absolute Gasteiger partial charge is 0.497 e. The number of ether oxygens (including phenoxy) is 2. The van der Waals surface area contributed by atoms with Gasteiger partial charge in [-0.05, 0) is 86.6 Å². The van der Waals surface area contributed by atoms with Gasteiger partial charge in [0.15, 0.2) is 0 Å². The molecular formula is C22H24N2O3. The lowest BCUT2D eigenvalue weighted by atomic mass is 9.49. The van der Waals surface area contributed by atoms with Crippen LogP contribution < -0.4 is 9.47 Å². The van der Waals surface area contributed by atoms with E-state index in [-0.39, 0.29) is 11.4 Å². The molecule has 0 aliphatic heterocycles. The Kier molecular flexibility index (Phi) is 3.92. The molecule has 0 spiro atoms. The van der Waals surface area contributed by atoms with Crippen LogP contribution in [0.5, 0.6) is 11.6 Å². The van der Waals surface area contributed by atoms with Crippen molar-refractivity contribution >= 4 is 5.97 Å². The van der Waals surface area contributed by atoms with Crippen LogP contribution in [0.1, 0.15) is 38.5 Å². The zero-order valence-corrected chi connectivity index (χ0v) is 15.6. The number of nitrogens with zero attached hydrogens (tertiary/aromatic N) is 2. The van der Waals surface area contributed by atoms with Crippen molar-refractivity contribution in [3.8, 4) is 22.9 Å². The van der Waals surface area contributed by atoms with E-state index >= 15 is 0 Å². The second-order valence-corrected chi connectivity index (χ2v) is 8.57. The summed E-state index contributed by atoms with van der Waals surface area (Å²) >= 11 is 0. The highest BCUT2D eigenvalue weighted by molar-refractivity contribution is 5.79. The van der Waals surface area contributed by atoms with Crippen molar-refractivity contribution in [3.05, 3.63) is 36.4 Å². The fourth-order valence-electron chi connectivity index (χ4n) is 5.85. The summed E-state index contributed by atoms with van der Waals surface area (Å²) in [6, 6.07) is 11.2. The highest BCUT2D eigenvalue weighted by Crippen LogP contribution is 2.60. The third-order valence-corrected chi connectivity index (χ3v) is 6.69. The fourth-order valence-corrected chi connectivity index (χ4v) is 5.85. The summed E-state index contributed by atoms with van der Waals surface area (Å²) in [7, 11) is 1.64. The van der Waals surface area contributed by atoms with Gasteiger partial charge in [0.1, 0.15) is 5.75 Å². The molecule has 4 fully saturated rings. The Hall–Kier alpha value is -2.43. The van der Waals surface area contributed by atoms with Crippen molar-refractivity contribution in [1.82, 2.24) is 10.2 Å². The van der Waals surface area contributed by atoms with Gasteiger partial charge >= 0.3 is 5.97 Å². The molecule has 4 aliphatic rings. The van der Waals surface area contributed by atoms with Gasteiger partial charge in [-0.1, -0.05) is 0 Å². The number of carbonyl (C=O) groups excluding carboxylic acids is 1. The Morgan fingerprint density at radius 3 is 2.07 bits per heavy atom. The molecule has 4 saturated carbocycles. The molecule has 140 valence electrons. The average Bonchev–Trinajstić information content (AvgIpc) is 2.68. The number of benzene rings is 1. The van der Waals surface area contributed by atoms with Crippen molar-refractivity contribution in [1.29, 1.82) is 0 Å². The van der Waals surface area contributed by atoms with Crippen LogP contribution in [-0.4, -0.2) is 23.3 Å². The van der Waals surface area contributed by atoms with E-state index in [1.165, 1.54) is 19.3 Å². The standard InChI is InChI=1S/C22H24N2O3/c1-26-18-4-2-17(3-5-18)19-6-7-20(24-23-19)27-21(25)22-11-14-8-15(12-22)10-16(9-14)13-22/h2-7,14-16H,8-13H2,1H3. The lowest BCUT2D eigenvalue weighted by Gasteiger charge is -2.55. The number of hydrogen-bond acceptors (Lipinski definition) is 5. The maximum Gasteiger partial charge on any atom is 0.318 e. The minimum Gasteiger partial charge on any atom is -0.497 e. The third-order valence-electron chi connectivity index (χ3n) is 6.69. The molecule has 27 heavy (non-hydrogen) atoms. The van der Waals surface area contributed by atoms with E-state index in [1.807, 2.05) is 30.3 Å². The van der Waals surface area contributed by atoms with Crippen LogP contribution in [0.2, 0.25) is 0 Å². The summed E-state index contributed by atoms with van der Waals surface area (Å²) in [6.45, 7) is 0. The predicted molar refractivity (Wildman–Crippen MR) is 100 cm³/mol. The molecule has 1 aromatic heterocycles. The first kappa shape index (κ1) is 16.7. The highest BCUT2D eigenvalue weighted by atomic mass is 16.5. The molecular weight excluding hydrogens is 340 g/mol. The Balaban J connectivity index is 1.30. The van der Waals surface area contributed by atoms with Gasteiger partial charge < -0.3 is 9.47 Å². The molecule has 1 heterocycles. The molecule has 2 aromatic rings. The minimum absolute atomic E-state index is 0.0897. The van der Waals surface area contributed by atoms with Gasteiger partial charge in [0, 0.05) is 11.6 Å². The summed E-state index contributed by atoms with van der Waals surface area (Å²) in [5.41, 5.74) is 1.42. The van der Waals surface area contributed by atoms with Gasteiger partial charge in [-0.25, -0.2) is 0 Å². The predicted octanol–water partition coefficient (Wildman–Crippen LogP) is 4.27. The fraction of sp³-hybridized carbons (Fsp3) is 0.500. The number of rotatable bonds is 4. The van der Waals surface area contributed by atoms with E-state index in [2.05, 4.69) is 10.2 Å². The van der Waals surface area contributed by atoms with Crippen molar-refractivity contribution < 1.29 is 14.3 Å². The summed E-state index contributed by atoms with van der Waals surface area (Å²) in [5, 5.41) is 8.38. The van der Waals surface area contributed by atoms with Crippen LogP contribution >= 0.6 is 0 Å². The molecule has 0 N–H and O–H groups in total. The van der Waals surface area contributed by atoms with Crippen LogP contribution in [0, 0.1) is 23.2 Å². The Morgan fingerprint density at radius 1 is 0.926 bits per heavy atom. The minimum atomic E-state index is -0.273.